The third kappa shape index (κ3) is 3.70. The van der Waals surface area contributed by atoms with Crippen molar-refractivity contribution in [2.24, 2.45) is 11.8 Å². The van der Waals surface area contributed by atoms with Gasteiger partial charge in [0.2, 0.25) is 11.8 Å². The normalized spacial score (nSPS) is 24.4. The first-order chi connectivity index (χ1) is 11.8. The number of amides is 5. The van der Waals surface area contributed by atoms with E-state index in [-0.39, 0.29) is 0 Å². The summed E-state index contributed by atoms with van der Waals surface area (Å²) in [7, 11) is 1.33. The van der Waals surface area contributed by atoms with E-state index < -0.39 is 53.7 Å². The molecule has 0 saturated carbocycles. The Morgan fingerprint density at radius 2 is 1.64 bits per heavy atom. The second-order valence-corrected chi connectivity index (χ2v) is 6.03. The lowest BCUT2D eigenvalue weighted by molar-refractivity contribution is -0.163. The van der Waals surface area contributed by atoms with Crippen molar-refractivity contribution in [2.45, 2.75) is 38.8 Å². The lowest BCUT2D eigenvalue weighted by Crippen LogP contribution is -2.48. The summed E-state index contributed by atoms with van der Waals surface area (Å²) >= 11 is 0. The van der Waals surface area contributed by atoms with Gasteiger partial charge in [-0.05, 0) is 26.7 Å². The van der Waals surface area contributed by atoms with Gasteiger partial charge in [0, 0.05) is 7.05 Å². The monoisotopic (exact) mass is 351 g/mol. The van der Waals surface area contributed by atoms with E-state index in [1.807, 2.05) is 17.5 Å². The highest BCUT2D eigenvalue weighted by molar-refractivity contribution is 6.08. The maximum Gasteiger partial charge on any atom is 0.329 e. The van der Waals surface area contributed by atoms with Gasteiger partial charge in [0.05, 0.1) is 11.8 Å². The van der Waals surface area contributed by atoms with Crippen LogP contribution in [0.4, 0.5) is 4.79 Å². The maximum atomic E-state index is 12.4. The van der Waals surface area contributed by atoms with Crippen LogP contribution in [0, 0.1) is 11.8 Å². The van der Waals surface area contributed by atoms with E-state index >= 15 is 0 Å². The van der Waals surface area contributed by atoms with Crippen molar-refractivity contribution in [1.82, 2.24) is 15.5 Å². The van der Waals surface area contributed by atoms with Gasteiger partial charge in [-0.2, -0.15) is 0 Å². The number of carbonyl (C=O) groups excluding carboxylic acids is 5. The molecular weight excluding hydrogens is 330 g/mol. The minimum atomic E-state index is -1.25. The number of hydrogen-bond acceptors (Lipinski definition) is 6. The third-order valence-electron chi connectivity index (χ3n) is 4.40. The number of allylic oxidation sites excluding steroid dienone is 2. The molecule has 9 nitrogen and oxygen atoms in total. The number of carbonyl (C=O) groups is 5. The molecule has 0 aromatic heterocycles. The number of esters is 1. The predicted octanol–water partition coefficient (Wildman–Crippen LogP) is -0.287. The Bertz CT molecular complexity index is 618. The molecule has 1 saturated heterocycles. The molecule has 0 bridgehead atoms. The van der Waals surface area contributed by atoms with E-state index in [0.717, 1.165) is 4.90 Å². The lowest BCUT2D eigenvalue weighted by Gasteiger charge is -2.23. The van der Waals surface area contributed by atoms with Crippen molar-refractivity contribution in [1.29, 1.82) is 0 Å². The van der Waals surface area contributed by atoms with Crippen LogP contribution in [0.25, 0.3) is 0 Å². The van der Waals surface area contributed by atoms with Crippen molar-refractivity contribution in [3.63, 3.8) is 0 Å². The van der Waals surface area contributed by atoms with Crippen LogP contribution in [-0.4, -0.2) is 53.8 Å². The van der Waals surface area contributed by atoms with Gasteiger partial charge >= 0.3 is 12.0 Å². The van der Waals surface area contributed by atoms with E-state index in [1.165, 1.54) is 20.9 Å². The first-order valence-corrected chi connectivity index (χ1v) is 8.02. The van der Waals surface area contributed by atoms with Gasteiger partial charge in [-0.1, -0.05) is 12.2 Å². The molecule has 1 aliphatic carbocycles. The average molecular weight is 351 g/mol. The van der Waals surface area contributed by atoms with Crippen LogP contribution in [0.15, 0.2) is 12.2 Å². The maximum absolute atomic E-state index is 12.4. The molecule has 0 unspecified atom stereocenters. The minimum Gasteiger partial charge on any atom is -0.451 e. The summed E-state index contributed by atoms with van der Waals surface area (Å²) in [5.74, 6) is -3.37. The van der Waals surface area contributed by atoms with Gasteiger partial charge in [-0.15, -0.1) is 0 Å². The molecule has 4 atom stereocenters. The largest absolute Gasteiger partial charge is 0.451 e. The van der Waals surface area contributed by atoms with Gasteiger partial charge in [-0.3, -0.25) is 24.6 Å². The third-order valence-corrected chi connectivity index (χ3v) is 4.40. The molecule has 9 heteroatoms. The fraction of sp³-hybridized carbons (Fsp3) is 0.562. The smallest absolute Gasteiger partial charge is 0.329 e. The average Bonchev–Trinajstić information content (AvgIpc) is 2.85. The lowest BCUT2D eigenvalue weighted by atomic mass is 9.85. The standard InChI is InChI=1S/C16H21N3O6/c1-8(15(23)25-9(2)12(20)18-16(24)17-3)19-13(21)10-6-4-5-7-11(10)14(19)22/h4-5,8-11H,6-7H2,1-3H3,(H2,17,18,20,24)/t8-,9-,10-,11+/m0/s1. The highest BCUT2D eigenvalue weighted by atomic mass is 16.5. The van der Waals surface area contributed by atoms with Crippen molar-refractivity contribution < 1.29 is 28.7 Å². The number of ether oxygens (including phenoxy) is 1. The van der Waals surface area contributed by atoms with Crippen molar-refractivity contribution in [2.75, 3.05) is 7.05 Å². The van der Waals surface area contributed by atoms with Crippen LogP contribution >= 0.6 is 0 Å². The summed E-state index contributed by atoms with van der Waals surface area (Å²) in [5, 5.41) is 4.18. The second kappa shape index (κ2) is 7.45. The zero-order valence-corrected chi connectivity index (χ0v) is 14.3. The highest BCUT2D eigenvalue weighted by Gasteiger charge is 2.50. The number of imide groups is 2. The van der Waals surface area contributed by atoms with Crippen LogP contribution < -0.4 is 10.6 Å². The summed E-state index contributed by atoms with van der Waals surface area (Å²) in [6.07, 6.45) is 3.40. The van der Waals surface area contributed by atoms with Crippen LogP contribution in [0.2, 0.25) is 0 Å². The van der Waals surface area contributed by atoms with Gasteiger partial charge in [0.25, 0.3) is 5.91 Å². The number of urea groups is 1. The molecule has 2 aliphatic rings. The summed E-state index contributed by atoms with van der Waals surface area (Å²) < 4.78 is 4.99. The summed E-state index contributed by atoms with van der Waals surface area (Å²) in [5.41, 5.74) is 0. The second-order valence-electron chi connectivity index (χ2n) is 6.03. The zero-order valence-electron chi connectivity index (χ0n) is 14.3. The molecule has 0 aromatic rings. The number of nitrogens with one attached hydrogen (secondary N) is 2. The SMILES string of the molecule is CNC(=O)NC(=O)[C@H](C)OC(=O)[C@H](C)N1C(=O)[C@H]2CC=CC[C@H]2C1=O. The van der Waals surface area contributed by atoms with Gasteiger partial charge < -0.3 is 10.1 Å². The molecule has 1 heterocycles. The predicted molar refractivity (Wildman–Crippen MR) is 84.8 cm³/mol. The fourth-order valence-electron chi connectivity index (χ4n) is 2.92. The van der Waals surface area contributed by atoms with Crippen molar-refractivity contribution in [3.8, 4) is 0 Å². The summed E-state index contributed by atoms with van der Waals surface area (Å²) in [4.78, 5) is 60.8. The van der Waals surface area contributed by atoms with E-state index in [2.05, 4.69) is 5.32 Å². The van der Waals surface area contributed by atoms with Gasteiger partial charge in [0.15, 0.2) is 6.10 Å². The molecule has 136 valence electrons. The molecule has 1 fully saturated rings. The zero-order chi connectivity index (χ0) is 18.7. The number of nitrogens with zero attached hydrogens (tertiary/aromatic N) is 1. The molecule has 2 N–H and O–H groups in total. The van der Waals surface area contributed by atoms with Gasteiger partial charge in [-0.25, -0.2) is 9.59 Å². The summed E-state index contributed by atoms with van der Waals surface area (Å²) in [6.45, 7) is 2.67. The molecule has 0 aromatic carbocycles. The molecule has 2 rings (SSSR count). The van der Waals surface area contributed by atoms with Gasteiger partial charge in [0.1, 0.15) is 6.04 Å². The molecule has 1 aliphatic heterocycles. The Morgan fingerprint density at radius 3 is 2.12 bits per heavy atom. The fourth-order valence-corrected chi connectivity index (χ4v) is 2.92. The van der Waals surface area contributed by atoms with Crippen molar-refractivity contribution in [3.05, 3.63) is 12.2 Å². The molecular formula is C16H21N3O6. The van der Waals surface area contributed by atoms with Crippen LogP contribution in [0.3, 0.4) is 0 Å². The quantitative estimate of drug-likeness (QED) is 0.408. The van der Waals surface area contributed by atoms with Crippen LogP contribution in [0.5, 0.6) is 0 Å². The molecule has 5 amide bonds. The van der Waals surface area contributed by atoms with Crippen LogP contribution in [-0.2, 0) is 23.9 Å². The number of rotatable bonds is 4. The number of hydrogen-bond donors (Lipinski definition) is 2. The molecule has 25 heavy (non-hydrogen) atoms. The first-order valence-electron chi connectivity index (χ1n) is 8.02. The Labute approximate surface area is 144 Å². The van der Waals surface area contributed by atoms with E-state index in [0.29, 0.717) is 12.8 Å². The Hall–Kier alpha value is -2.71. The minimum absolute atomic E-state index is 0.397. The summed E-state index contributed by atoms with van der Waals surface area (Å²) in [6, 6.07) is -1.87. The molecule has 0 spiro atoms. The Balaban J connectivity index is 2.00. The number of fused-ring (bicyclic) bond motifs is 1. The van der Waals surface area contributed by atoms with E-state index in [1.54, 1.807) is 0 Å². The van der Waals surface area contributed by atoms with E-state index in [4.69, 9.17) is 4.74 Å². The van der Waals surface area contributed by atoms with Crippen molar-refractivity contribution >= 4 is 29.7 Å². The highest BCUT2D eigenvalue weighted by Crippen LogP contribution is 2.36. The topological polar surface area (TPSA) is 122 Å². The van der Waals surface area contributed by atoms with Crippen LogP contribution in [0.1, 0.15) is 26.7 Å². The molecule has 0 radical (unpaired) electrons. The Kier molecular flexibility index (Phi) is 5.55. The Morgan fingerprint density at radius 1 is 1.12 bits per heavy atom. The number of likely N-dealkylation sites (tertiary alicyclic amines) is 1. The first kappa shape index (κ1) is 18.6. The van der Waals surface area contributed by atoms with E-state index in [9.17, 15) is 24.0 Å².